The Balaban J connectivity index is 2.01. The van der Waals surface area contributed by atoms with Crippen LogP contribution in [0.3, 0.4) is 0 Å². The molecule has 2 unspecified atom stereocenters. The maximum atomic E-state index is 11.6. The van der Waals surface area contributed by atoms with Crippen molar-refractivity contribution in [3.8, 4) is 0 Å². The Morgan fingerprint density at radius 3 is 3.05 bits per heavy atom. The second kappa shape index (κ2) is 3.94. The molecule has 0 N–H and O–H groups in total. The molecule has 2 aliphatic rings. The number of benzene rings is 1. The first-order valence-electron chi connectivity index (χ1n) is 7.06. The minimum Gasteiger partial charge on any atom is -0.337 e. The Kier molecular flexibility index (Phi) is 2.33. The molecule has 2 atom stereocenters. The van der Waals surface area contributed by atoms with E-state index in [0.29, 0.717) is 12.5 Å². The highest BCUT2D eigenvalue weighted by atomic mass is 16.1. The van der Waals surface area contributed by atoms with Crippen LogP contribution in [-0.4, -0.2) is 28.3 Å². The number of nitrogens with zero attached hydrogens (tertiary/aromatic N) is 2. The van der Waals surface area contributed by atoms with Crippen molar-refractivity contribution < 1.29 is 4.79 Å². The van der Waals surface area contributed by atoms with Crippen LogP contribution in [0.2, 0.25) is 0 Å². The molecule has 2 aliphatic heterocycles. The van der Waals surface area contributed by atoms with Gasteiger partial charge in [-0.25, -0.2) is 0 Å². The molecule has 1 aromatic heterocycles. The van der Waals surface area contributed by atoms with Gasteiger partial charge in [-0.15, -0.1) is 0 Å². The fraction of sp³-hybridized carbons (Fsp3) is 0.438. The summed E-state index contributed by atoms with van der Waals surface area (Å²) >= 11 is 0. The SMILES string of the molecule is CC(=O)Cn1c2c(c3ccccc31)CN1CCC2C1. The summed E-state index contributed by atoms with van der Waals surface area (Å²) in [5, 5.41) is 1.34. The summed E-state index contributed by atoms with van der Waals surface area (Å²) in [5.41, 5.74) is 4.13. The normalized spacial score (nSPS) is 24.7. The first-order valence-corrected chi connectivity index (χ1v) is 7.06. The lowest BCUT2D eigenvalue weighted by molar-refractivity contribution is -0.117. The van der Waals surface area contributed by atoms with E-state index in [-0.39, 0.29) is 5.78 Å². The van der Waals surface area contributed by atoms with Gasteiger partial charge in [0.15, 0.2) is 0 Å². The van der Waals surface area contributed by atoms with E-state index >= 15 is 0 Å². The third-order valence-electron chi connectivity index (χ3n) is 4.54. The number of Topliss-reactive ketones (excluding diaryl/α,β-unsaturated/α-hetero) is 1. The Morgan fingerprint density at radius 2 is 2.21 bits per heavy atom. The van der Waals surface area contributed by atoms with Crippen molar-refractivity contribution in [2.75, 3.05) is 13.1 Å². The molecular formula is C16H18N2O. The van der Waals surface area contributed by atoms with Gasteiger partial charge >= 0.3 is 0 Å². The van der Waals surface area contributed by atoms with Gasteiger partial charge in [0, 0.05) is 35.6 Å². The van der Waals surface area contributed by atoms with Gasteiger partial charge in [-0.2, -0.15) is 0 Å². The molecule has 19 heavy (non-hydrogen) atoms. The second-order valence-electron chi connectivity index (χ2n) is 5.89. The molecule has 0 radical (unpaired) electrons. The Hall–Kier alpha value is -1.61. The number of hydrogen-bond donors (Lipinski definition) is 0. The molecule has 1 saturated heterocycles. The molecule has 3 nitrogen and oxygen atoms in total. The first-order chi connectivity index (χ1) is 9.24. The second-order valence-corrected chi connectivity index (χ2v) is 5.89. The van der Waals surface area contributed by atoms with Crippen molar-refractivity contribution in [1.29, 1.82) is 0 Å². The molecule has 3 heterocycles. The van der Waals surface area contributed by atoms with Crippen LogP contribution in [0.15, 0.2) is 24.3 Å². The predicted octanol–water partition coefficient (Wildman–Crippen LogP) is 2.53. The molecule has 1 fully saturated rings. The van der Waals surface area contributed by atoms with Crippen LogP contribution in [0.1, 0.15) is 30.5 Å². The van der Waals surface area contributed by atoms with Crippen LogP contribution in [0, 0.1) is 0 Å². The summed E-state index contributed by atoms with van der Waals surface area (Å²) in [5.74, 6) is 0.861. The molecule has 2 bridgehead atoms. The summed E-state index contributed by atoms with van der Waals surface area (Å²) in [7, 11) is 0. The quantitative estimate of drug-likeness (QED) is 0.823. The van der Waals surface area contributed by atoms with Crippen molar-refractivity contribution in [3.63, 3.8) is 0 Å². The summed E-state index contributed by atoms with van der Waals surface area (Å²) in [4.78, 5) is 14.2. The number of aromatic nitrogens is 1. The molecule has 0 spiro atoms. The van der Waals surface area contributed by atoms with Crippen LogP contribution in [-0.2, 0) is 17.9 Å². The van der Waals surface area contributed by atoms with Crippen molar-refractivity contribution in [2.24, 2.45) is 0 Å². The lowest BCUT2D eigenvalue weighted by Crippen LogP contribution is -2.26. The Morgan fingerprint density at radius 1 is 1.37 bits per heavy atom. The van der Waals surface area contributed by atoms with Gasteiger partial charge in [-0.3, -0.25) is 9.69 Å². The van der Waals surface area contributed by atoms with Crippen molar-refractivity contribution in [1.82, 2.24) is 9.47 Å². The minimum atomic E-state index is 0.240. The van der Waals surface area contributed by atoms with E-state index in [4.69, 9.17) is 0 Å². The fourth-order valence-corrected chi connectivity index (χ4v) is 3.84. The average molecular weight is 254 g/mol. The van der Waals surface area contributed by atoms with E-state index in [1.165, 1.54) is 41.7 Å². The molecule has 3 heteroatoms. The highest BCUT2D eigenvalue weighted by molar-refractivity contribution is 5.88. The van der Waals surface area contributed by atoms with E-state index in [9.17, 15) is 4.79 Å². The number of fused-ring (bicyclic) bond motifs is 6. The standard InChI is InChI=1S/C16H18N2O/c1-11(19)8-18-15-5-3-2-4-13(15)14-10-17-7-6-12(9-17)16(14)18/h2-5,12H,6-10H2,1H3. The van der Waals surface area contributed by atoms with Crippen LogP contribution in [0.5, 0.6) is 0 Å². The van der Waals surface area contributed by atoms with Gasteiger partial charge in [0.1, 0.15) is 5.78 Å². The van der Waals surface area contributed by atoms with Gasteiger partial charge in [0.25, 0.3) is 0 Å². The summed E-state index contributed by atoms with van der Waals surface area (Å²) in [6, 6.07) is 8.53. The molecule has 0 saturated carbocycles. The zero-order chi connectivity index (χ0) is 13.0. The highest BCUT2D eigenvalue weighted by Gasteiger charge is 2.35. The molecule has 0 aliphatic carbocycles. The largest absolute Gasteiger partial charge is 0.337 e. The molecule has 1 aromatic carbocycles. The van der Waals surface area contributed by atoms with Crippen molar-refractivity contribution >= 4 is 16.7 Å². The number of carbonyl (C=O) groups is 1. The lowest BCUT2D eigenvalue weighted by Gasteiger charge is -2.24. The smallest absolute Gasteiger partial charge is 0.149 e. The zero-order valence-corrected chi connectivity index (χ0v) is 11.2. The fourth-order valence-electron chi connectivity index (χ4n) is 3.84. The van der Waals surface area contributed by atoms with Crippen LogP contribution in [0.25, 0.3) is 10.9 Å². The molecular weight excluding hydrogens is 236 g/mol. The number of ketones is 1. The number of rotatable bonds is 2. The molecule has 4 rings (SSSR count). The van der Waals surface area contributed by atoms with E-state index in [2.05, 4.69) is 33.7 Å². The third-order valence-corrected chi connectivity index (χ3v) is 4.54. The molecule has 2 aromatic rings. The maximum absolute atomic E-state index is 11.6. The van der Waals surface area contributed by atoms with Crippen LogP contribution in [0.4, 0.5) is 0 Å². The van der Waals surface area contributed by atoms with Crippen LogP contribution >= 0.6 is 0 Å². The molecule has 0 amide bonds. The van der Waals surface area contributed by atoms with Gasteiger partial charge < -0.3 is 4.57 Å². The van der Waals surface area contributed by atoms with Gasteiger partial charge in [0.2, 0.25) is 0 Å². The monoisotopic (exact) mass is 254 g/mol. The van der Waals surface area contributed by atoms with E-state index in [1.54, 1.807) is 6.92 Å². The highest BCUT2D eigenvalue weighted by Crippen LogP contribution is 2.41. The Labute approximate surface area is 112 Å². The summed E-state index contributed by atoms with van der Waals surface area (Å²) < 4.78 is 2.28. The summed E-state index contributed by atoms with van der Waals surface area (Å²) in [6.45, 7) is 5.63. The van der Waals surface area contributed by atoms with E-state index < -0.39 is 0 Å². The van der Waals surface area contributed by atoms with Crippen LogP contribution < -0.4 is 0 Å². The first kappa shape index (κ1) is 11.2. The van der Waals surface area contributed by atoms with Gasteiger partial charge in [-0.05, 0) is 31.5 Å². The molecule has 98 valence electrons. The van der Waals surface area contributed by atoms with E-state index in [0.717, 1.165) is 6.54 Å². The maximum Gasteiger partial charge on any atom is 0.149 e. The number of carbonyl (C=O) groups excluding carboxylic acids is 1. The topological polar surface area (TPSA) is 25.2 Å². The predicted molar refractivity (Wildman–Crippen MR) is 75.3 cm³/mol. The van der Waals surface area contributed by atoms with Crippen molar-refractivity contribution in [3.05, 3.63) is 35.5 Å². The number of para-hydroxylation sites is 1. The Bertz CT molecular complexity index is 671. The average Bonchev–Trinajstić information content (AvgIpc) is 2.91. The van der Waals surface area contributed by atoms with Crippen molar-refractivity contribution in [2.45, 2.75) is 32.4 Å². The minimum absolute atomic E-state index is 0.240. The number of hydrogen-bond acceptors (Lipinski definition) is 2. The zero-order valence-electron chi connectivity index (χ0n) is 11.2. The van der Waals surface area contributed by atoms with Gasteiger partial charge in [-0.1, -0.05) is 18.2 Å². The van der Waals surface area contributed by atoms with Gasteiger partial charge in [0.05, 0.1) is 6.54 Å². The third kappa shape index (κ3) is 1.58. The summed E-state index contributed by atoms with van der Waals surface area (Å²) in [6.07, 6.45) is 1.24. The lowest BCUT2D eigenvalue weighted by atomic mass is 9.97. The van der Waals surface area contributed by atoms with E-state index in [1.807, 2.05) is 0 Å².